The minimum Gasteiger partial charge on any atom is -0.744 e. The molecule has 0 bridgehead atoms. The van der Waals surface area contributed by atoms with Gasteiger partial charge in [-0.25, -0.2) is 21.8 Å². The molecular formula is C45H39F2N3O9S5. The molecule has 3 aliphatic heterocycles. The second kappa shape index (κ2) is 15.2. The van der Waals surface area contributed by atoms with Crippen molar-refractivity contribution < 1.29 is 49.4 Å². The molecule has 64 heavy (non-hydrogen) atoms. The lowest BCUT2D eigenvalue weighted by Gasteiger charge is -2.43. The number of phenolic OH excluding ortho intramolecular Hbond substituents is 1. The van der Waals surface area contributed by atoms with E-state index in [1.807, 2.05) is 36.9 Å². The number of carbonyl (C=O) groups is 1. The van der Waals surface area contributed by atoms with Crippen LogP contribution in [0.4, 0.5) is 14.5 Å². The van der Waals surface area contributed by atoms with Crippen LogP contribution in [-0.2, 0) is 42.5 Å². The number of hydrogen-bond donors (Lipinski definition) is 3. The lowest BCUT2D eigenvalue weighted by atomic mass is 9.83. The van der Waals surface area contributed by atoms with Gasteiger partial charge in [-0.05, 0) is 79.2 Å². The van der Waals surface area contributed by atoms with Crippen LogP contribution < -0.4 is 30.1 Å². The molecule has 0 unspecified atom stereocenters. The lowest BCUT2D eigenvalue weighted by molar-refractivity contribution is -0.118. The van der Waals surface area contributed by atoms with Gasteiger partial charge in [-0.2, -0.15) is 8.42 Å². The van der Waals surface area contributed by atoms with Gasteiger partial charge in [0.1, 0.15) is 55.2 Å². The van der Waals surface area contributed by atoms with E-state index in [0.717, 1.165) is 33.0 Å². The number of carbonyl (C=O) groups excluding carboxylic acids is 1. The molecule has 0 saturated heterocycles. The average molecular weight is 964 g/mol. The highest BCUT2D eigenvalue weighted by Crippen LogP contribution is 2.54. The molecule has 0 aliphatic carbocycles. The first-order valence-corrected chi connectivity index (χ1v) is 25.3. The highest BCUT2D eigenvalue weighted by Gasteiger charge is 2.43. The van der Waals surface area contributed by atoms with Crippen molar-refractivity contribution in [2.75, 3.05) is 31.3 Å². The Labute approximate surface area is 379 Å². The van der Waals surface area contributed by atoms with Crippen molar-refractivity contribution in [2.24, 2.45) is 0 Å². The number of amides is 1. The zero-order chi connectivity index (χ0) is 46.0. The molecule has 19 heteroatoms. The van der Waals surface area contributed by atoms with Crippen LogP contribution in [0.2, 0.25) is 0 Å². The largest absolute Gasteiger partial charge is 0.744 e. The average Bonchev–Trinajstić information content (AvgIpc) is 3.92. The van der Waals surface area contributed by atoms with Crippen molar-refractivity contribution in [1.82, 2.24) is 9.89 Å². The van der Waals surface area contributed by atoms with Crippen molar-refractivity contribution >= 4 is 71.8 Å². The first-order chi connectivity index (χ1) is 30.0. The summed E-state index contributed by atoms with van der Waals surface area (Å²) in [5.41, 5.74) is 2.01. The first kappa shape index (κ1) is 44.1. The fourth-order valence-corrected chi connectivity index (χ4v) is 13.3. The molecule has 0 radical (unpaired) electrons. The van der Waals surface area contributed by atoms with E-state index in [1.165, 1.54) is 29.5 Å². The van der Waals surface area contributed by atoms with E-state index in [4.69, 9.17) is 4.74 Å². The molecule has 1 amide bonds. The summed E-state index contributed by atoms with van der Waals surface area (Å²) in [6.45, 7) is 8.06. The fourth-order valence-electron chi connectivity index (χ4n) is 8.62. The number of halogens is 2. The second-order valence-corrected chi connectivity index (χ2v) is 22.7. The molecule has 4 aromatic carbocycles. The van der Waals surface area contributed by atoms with Crippen molar-refractivity contribution in [3.8, 4) is 38.1 Å². The zero-order valence-electron chi connectivity index (χ0n) is 35.0. The predicted molar refractivity (Wildman–Crippen MR) is 242 cm³/mol. The summed E-state index contributed by atoms with van der Waals surface area (Å²) < 4.78 is 117. The second-order valence-electron chi connectivity index (χ2n) is 16.8. The van der Waals surface area contributed by atoms with E-state index in [2.05, 4.69) is 24.1 Å². The maximum absolute atomic E-state index is 17.6. The van der Waals surface area contributed by atoms with Crippen LogP contribution in [-0.4, -0.2) is 63.3 Å². The topological polar surface area (TPSA) is 176 Å². The first-order valence-electron chi connectivity index (χ1n) is 19.7. The van der Waals surface area contributed by atoms with E-state index in [1.54, 1.807) is 43.4 Å². The van der Waals surface area contributed by atoms with Crippen LogP contribution in [0.15, 0.2) is 86.1 Å². The molecule has 9 rings (SSSR count). The Hall–Kier alpha value is -5.15. The third kappa shape index (κ3) is 7.12. The van der Waals surface area contributed by atoms with Gasteiger partial charge in [-0.1, -0.05) is 12.1 Å². The highest BCUT2D eigenvalue weighted by atomic mass is 32.3. The number of nitrogens with one attached hydrogen (secondary N) is 1. The summed E-state index contributed by atoms with van der Waals surface area (Å²) in [6, 6.07) is 17.1. The Morgan fingerprint density at radius 3 is 2.34 bits per heavy atom. The Bertz CT molecular complexity index is 3380. The van der Waals surface area contributed by atoms with Crippen LogP contribution in [0.1, 0.15) is 55.5 Å². The SMILES string of the molecule is CN1c2cc3c(cc2-c2sccc2C1(C)C)C(c1c(F)c(SCC(=O)NCCc2ccc(O)cc2)cc(F)c1S(=O)(=O)[O-])=c1cc2c(cc1O3)=[N+](C)C(C)(C)c1cc(S(=O)(=O)O)sc1-2. The molecule has 2 aromatic heterocycles. The Morgan fingerprint density at radius 1 is 0.938 bits per heavy atom. The van der Waals surface area contributed by atoms with E-state index in [-0.39, 0.29) is 44.4 Å². The Morgan fingerprint density at radius 2 is 1.66 bits per heavy atom. The molecule has 0 fully saturated rings. The normalized spacial score (nSPS) is 15.6. The maximum atomic E-state index is 17.6. The third-order valence-corrected chi connectivity index (χ3v) is 17.8. The van der Waals surface area contributed by atoms with Gasteiger partial charge in [-0.15, -0.1) is 34.4 Å². The minimum atomic E-state index is -5.75. The van der Waals surface area contributed by atoms with Gasteiger partial charge >= 0.3 is 10.1 Å². The minimum absolute atomic E-state index is 0.0697. The number of thioether (sulfide) groups is 1. The number of fused-ring (bicyclic) bond motifs is 8. The van der Waals surface area contributed by atoms with Gasteiger partial charge in [0, 0.05) is 82.0 Å². The van der Waals surface area contributed by atoms with Gasteiger partial charge in [0.05, 0.1) is 27.8 Å². The van der Waals surface area contributed by atoms with E-state index in [9.17, 15) is 35.8 Å². The van der Waals surface area contributed by atoms with E-state index >= 15 is 8.78 Å². The molecule has 0 atom stereocenters. The molecule has 5 heterocycles. The summed E-state index contributed by atoms with van der Waals surface area (Å²) in [7, 11) is -6.70. The van der Waals surface area contributed by atoms with Crippen LogP contribution in [0.3, 0.4) is 0 Å². The Balaban J connectivity index is 1.29. The standard InChI is InChI=1S/C45H39F2N3O9S5/c1-44(2)28-12-14-60-41(28)24-15-26-33(19-31(24)49(44)5)59-34-20-32-25(42-29(45(3,4)50(32)6)17-37(62-42)63(53,54)55)16-27(34)38(26)39-40(47)35(18-30(46)43(39)64(56,57)58)61-21-36(52)48-13-11-22-7-9-23(51)10-8-22/h7-10,12,14-20H,11,13,21H2,1-6H3,(H3-,48,51,52,53,54,55,56,57,58). The van der Waals surface area contributed by atoms with Crippen LogP contribution >= 0.6 is 34.4 Å². The number of thiophene rings is 2. The summed E-state index contributed by atoms with van der Waals surface area (Å²) in [6.07, 6.45) is 0.421. The third-order valence-electron chi connectivity index (χ3n) is 12.5. The molecule has 0 spiro atoms. The number of nitrogens with zero attached hydrogens (tertiary/aromatic N) is 2. The van der Waals surface area contributed by atoms with E-state index in [0.29, 0.717) is 51.2 Å². The number of ether oxygens (including phenoxy) is 1. The highest BCUT2D eigenvalue weighted by molar-refractivity contribution is 8.00. The quantitative estimate of drug-likeness (QED) is 0.0762. The van der Waals surface area contributed by atoms with Gasteiger partial charge in [0.2, 0.25) is 11.3 Å². The molecule has 0 saturated carbocycles. The van der Waals surface area contributed by atoms with Crippen LogP contribution in [0, 0.1) is 11.6 Å². The summed E-state index contributed by atoms with van der Waals surface area (Å²) in [4.78, 5) is 14.6. The fraction of sp³-hybridized carbons (Fsp3) is 0.244. The number of hydrogen-bond acceptors (Lipinski definition) is 12. The summed E-state index contributed by atoms with van der Waals surface area (Å²) in [5, 5.41) is 14.9. The number of benzene rings is 4. The predicted octanol–water partition coefficient (Wildman–Crippen LogP) is 7.14. The summed E-state index contributed by atoms with van der Waals surface area (Å²) in [5.74, 6) is -3.36. The van der Waals surface area contributed by atoms with Crippen molar-refractivity contribution in [2.45, 2.75) is 59.2 Å². The van der Waals surface area contributed by atoms with Gasteiger partial charge in [-0.3, -0.25) is 9.35 Å². The zero-order valence-corrected chi connectivity index (χ0v) is 39.1. The van der Waals surface area contributed by atoms with Crippen LogP contribution in [0.5, 0.6) is 17.2 Å². The molecule has 6 aromatic rings. The number of anilines is 1. The monoisotopic (exact) mass is 963 g/mol. The molecule has 12 nitrogen and oxygen atoms in total. The van der Waals surface area contributed by atoms with Gasteiger partial charge < -0.3 is 24.6 Å². The van der Waals surface area contributed by atoms with Crippen LogP contribution in [0.25, 0.3) is 26.5 Å². The molecule has 3 N–H and O–H groups in total. The molecule has 3 aliphatic rings. The van der Waals surface area contributed by atoms with Crippen molar-refractivity contribution in [3.63, 3.8) is 0 Å². The Kier molecular flexibility index (Phi) is 10.5. The van der Waals surface area contributed by atoms with Crippen molar-refractivity contribution in [1.29, 1.82) is 0 Å². The van der Waals surface area contributed by atoms with Crippen molar-refractivity contribution in [3.05, 3.63) is 122 Å². The smallest absolute Gasteiger partial charge is 0.304 e. The lowest BCUT2D eigenvalue weighted by Crippen LogP contribution is -2.46. The van der Waals surface area contributed by atoms with Gasteiger partial charge in [0.25, 0.3) is 0 Å². The number of rotatable bonds is 9. The number of phenols is 1. The molecular weight excluding hydrogens is 925 g/mol. The molecule has 332 valence electrons. The number of aromatic hydroxyl groups is 1. The summed E-state index contributed by atoms with van der Waals surface area (Å²) >= 11 is 2.90. The maximum Gasteiger partial charge on any atom is 0.304 e. The van der Waals surface area contributed by atoms with E-state index < -0.39 is 70.0 Å². The van der Waals surface area contributed by atoms with Gasteiger partial charge in [0.15, 0.2) is 5.54 Å².